The third-order valence-electron chi connectivity index (χ3n) is 4.27. The molecule has 0 fully saturated rings. The summed E-state index contributed by atoms with van der Waals surface area (Å²) in [6.07, 6.45) is 2.22. The Morgan fingerprint density at radius 2 is 1.67 bits per heavy atom. The fourth-order valence-electron chi connectivity index (χ4n) is 2.91. The maximum atomic E-state index is 12.8. The monoisotopic (exact) mass is 370 g/mol. The Balaban J connectivity index is 2.66. The average molecular weight is 370 g/mol. The lowest BCUT2D eigenvalue weighted by molar-refractivity contribution is -0.140. The van der Waals surface area contributed by atoms with Gasteiger partial charge in [-0.15, -0.1) is 0 Å². The first-order valence-corrected chi connectivity index (χ1v) is 8.42. The molecule has 1 aromatic rings. The summed E-state index contributed by atoms with van der Waals surface area (Å²) in [6, 6.07) is 5.31. The highest BCUT2D eigenvalue weighted by atomic mass is 16.5. The van der Waals surface area contributed by atoms with Gasteiger partial charge in [0.25, 0.3) is 11.8 Å². The quantitative estimate of drug-likeness (QED) is 0.565. The van der Waals surface area contributed by atoms with Crippen LogP contribution < -0.4 is 14.2 Å². The van der Waals surface area contributed by atoms with Gasteiger partial charge in [0, 0.05) is 12.1 Å². The van der Waals surface area contributed by atoms with Gasteiger partial charge in [-0.2, -0.15) is 5.26 Å². The van der Waals surface area contributed by atoms with E-state index < -0.39 is 11.8 Å². The van der Waals surface area contributed by atoms with Gasteiger partial charge in [0.05, 0.1) is 21.3 Å². The van der Waals surface area contributed by atoms with Crippen LogP contribution in [0.1, 0.15) is 25.8 Å². The number of rotatable bonds is 6. The van der Waals surface area contributed by atoms with Crippen molar-refractivity contribution in [1.29, 1.82) is 5.26 Å². The largest absolute Gasteiger partial charge is 0.493 e. The van der Waals surface area contributed by atoms with Crippen LogP contribution in [0.5, 0.6) is 17.2 Å². The number of carbonyl (C=O) groups excluding carboxylic acids is 2. The maximum absolute atomic E-state index is 12.8. The number of amides is 2. The van der Waals surface area contributed by atoms with Crippen LogP contribution in [-0.2, 0) is 9.59 Å². The molecule has 0 aromatic heterocycles. The number of methoxy groups -OCH3 is 3. The zero-order chi connectivity index (χ0) is 20.1. The Morgan fingerprint density at radius 1 is 1.07 bits per heavy atom. The smallest absolute Gasteiger partial charge is 0.271 e. The van der Waals surface area contributed by atoms with Gasteiger partial charge < -0.3 is 14.2 Å². The number of nitriles is 1. The molecule has 7 heteroatoms. The molecular formula is C20H22N2O5. The van der Waals surface area contributed by atoms with Crippen molar-refractivity contribution in [3.63, 3.8) is 0 Å². The second-order valence-electron chi connectivity index (χ2n) is 5.89. The molecule has 0 saturated heterocycles. The van der Waals surface area contributed by atoms with Crippen molar-refractivity contribution in [2.24, 2.45) is 0 Å². The van der Waals surface area contributed by atoms with E-state index in [9.17, 15) is 14.9 Å². The molecule has 2 rings (SSSR count). The van der Waals surface area contributed by atoms with Crippen LogP contribution in [0.4, 0.5) is 0 Å². The van der Waals surface area contributed by atoms with Crippen molar-refractivity contribution in [3.8, 4) is 23.3 Å². The SMILES string of the molecule is CCCN1C(=O)C(C#N)=C(C)/C(=C\c2cc(OC)c(OC)c(OC)c2)C1=O. The fraction of sp³-hybridized carbons (Fsp3) is 0.350. The minimum atomic E-state index is -0.552. The predicted octanol–water partition coefficient (Wildman–Crippen LogP) is 2.71. The van der Waals surface area contributed by atoms with Crippen molar-refractivity contribution >= 4 is 17.9 Å². The van der Waals surface area contributed by atoms with Gasteiger partial charge in [0.2, 0.25) is 5.75 Å². The number of carbonyl (C=O) groups is 2. The van der Waals surface area contributed by atoms with Crippen molar-refractivity contribution in [2.45, 2.75) is 20.3 Å². The van der Waals surface area contributed by atoms with Crippen molar-refractivity contribution in [2.75, 3.05) is 27.9 Å². The van der Waals surface area contributed by atoms with Crippen molar-refractivity contribution in [3.05, 3.63) is 34.4 Å². The molecule has 0 N–H and O–H groups in total. The molecule has 0 aliphatic carbocycles. The minimum Gasteiger partial charge on any atom is -0.493 e. The summed E-state index contributed by atoms with van der Waals surface area (Å²) in [4.78, 5) is 26.3. The third-order valence-corrected chi connectivity index (χ3v) is 4.27. The summed E-state index contributed by atoms with van der Waals surface area (Å²) in [6.45, 7) is 3.71. The molecule has 142 valence electrons. The van der Waals surface area contributed by atoms with E-state index >= 15 is 0 Å². The van der Waals surface area contributed by atoms with E-state index in [0.717, 1.165) is 4.90 Å². The maximum Gasteiger partial charge on any atom is 0.271 e. The van der Waals surface area contributed by atoms with E-state index in [0.29, 0.717) is 34.8 Å². The Bertz CT molecular complexity index is 852. The highest BCUT2D eigenvalue weighted by molar-refractivity contribution is 6.19. The van der Waals surface area contributed by atoms with Gasteiger partial charge in [-0.25, -0.2) is 0 Å². The molecule has 0 saturated carbocycles. The minimum absolute atomic E-state index is 0.0262. The summed E-state index contributed by atoms with van der Waals surface area (Å²) < 4.78 is 16.0. The van der Waals surface area contributed by atoms with Gasteiger partial charge in [0.15, 0.2) is 11.5 Å². The first-order valence-electron chi connectivity index (χ1n) is 8.42. The average Bonchev–Trinajstić information content (AvgIpc) is 2.68. The second-order valence-corrected chi connectivity index (χ2v) is 5.89. The molecule has 0 unspecified atom stereocenters. The molecule has 1 aromatic carbocycles. The lowest BCUT2D eigenvalue weighted by Gasteiger charge is -2.27. The zero-order valence-electron chi connectivity index (χ0n) is 16.1. The van der Waals surface area contributed by atoms with Crippen molar-refractivity contribution < 1.29 is 23.8 Å². The van der Waals surface area contributed by atoms with Crippen LogP contribution in [0, 0.1) is 11.3 Å². The summed E-state index contributed by atoms with van der Waals surface area (Å²) in [7, 11) is 4.50. The Hall–Kier alpha value is -3.27. The van der Waals surface area contributed by atoms with E-state index in [-0.39, 0.29) is 17.7 Å². The summed E-state index contributed by atoms with van der Waals surface area (Å²) in [5, 5.41) is 9.37. The Kier molecular flexibility index (Phi) is 6.24. The first kappa shape index (κ1) is 20.0. The molecule has 1 aliphatic heterocycles. The number of hydrogen-bond acceptors (Lipinski definition) is 6. The molecule has 27 heavy (non-hydrogen) atoms. The lowest BCUT2D eigenvalue weighted by Crippen LogP contribution is -2.43. The lowest BCUT2D eigenvalue weighted by atomic mass is 9.93. The summed E-state index contributed by atoms with van der Waals surface area (Å²) in [5.41, 5.74) is 1.24. The second kappa shape index (κ2) is 8.41. The van der Waals surface area contributed by atoms with Crippen LogP contribution in [0.2, 0.25) is 0 Å². The number of ether oxygens (including phenoxy) is 3. The van der Waals surface area contributed by atoms with E-state index in [4.69, 9.17) is 14.2 Å². The van der Waals surface area contributed by atoms with E-state index in [1.165, 1.54) is 21.3 Å². The van der Waals surface area contributed by atoms with Crippen LogP contribution in [0.3, 0.4) is 0 Å². The molecule has 7 nitrogen and oxygen atoms in total. The first-order chi connectivity index (χ1) is 12.9. The molecule has 1 aliphatic rings. The van der Waals surface area contributed by atoms with E-state index in [2.05, 4.69) is 0 Å². The molecule has 0 bridgehead atoms. The number of imide groups is 1. The summed E-state index contributed by atoms with van der Waals surface area (Å²) >= 11 is 0. The van der Waals surface area contributed by atoms with Crippen LogP contribution in [0.25, 0.3) is 6.08 Å². The van der Waals surface area contributed by atoms with E-state index in [1.54, 1.807) is 25.1 Å². The third kappa shape index (κ3) is 3.65. The van der Waals surface area contributed by atoms with Gasteiger partial charge in [0.1, 0.15) is 11.6 Å². The van der Waals surface area contributed by atoms with Gasteiger partial charge in [-0.3, -0.25) is 14.5 Å². The normalized spacial score (nSPS) is 15.9. The van der Waals surface area contributed by atoms with Gasteiger partial charge in [-0.1, -0.05) is 6.92 Å². The molecule has 0 spiro atoms. The Morgan fingerprint density at radius 3 is 2.11 bits per heavy atom. The van der Waals surface area contributed by atoms with Crippen molar-refractivity contribution in [1.82, 2.24) is 4.90 Å². The van der Waals surface area contributed by atoms with Gasteiger partial charge in [-0.05, 0) is 42.7 Å². The van der Waals surface area contributed by atoms with E-state index in [1.807, 2.05) is 13.0 Å². The molecule has 2 amide bonds. The fourth-order valence-corrected chi connectivity index (χ4v) is 2.91. The molecule has 0 radical (unpaired) electrons. The number of nitrogens with zero attached hydrogens (tertiary/aromatic N) is 2. The number of hydrogen-bond donors (Lipinski definition) is 0. The molecule has 0 atom stereocenters. The van der Waals surface area contributed by atoms with Crippen LogP contribution >= 0.6 is 0 Å². The Labute approximate surface area is 158 Å². The highest BCUT2D eigenvalue weighted by Crippen LogP contribution is 2.39. The van der Waals surface area contributed by atoms with Gasteiger partial charge >= 0.3 is 0 Å². The predicted molar refractivity (Wildman–Crippen MR) is 99.4 cm³/mol. The standard InChI is InChI=1S/C20H22N2O5/c1-6-7-22-19(23)14(12(2)15(11-21)20(22)24)8-13-9-16(25-3)18(27-5)17(10-13)26-4/h8-10H,6-7H2,1-5H3/b14-8+. The highest BCUT2D eigenvalue weighted by Gasteiger charge is 2.34. The molecular weight excluding hydrogens is 348 g/mol. The number of benzene rings is 1. The van der Waals surface area contributed by atoms with Crippen LogP contribution in [0.15, 0.2) is 28.9 Å². The zero-order valence-corrected chi connectivity index (χ0v) is 16.1. The topological polar surface area (TPSA) is 88.9 Å². The van der Waals surface area contributed by atoms with Crippen LogP contribution in [-0.4, -0.2) is 44.6 Å². The molecule has 1 heterocycles. The summed E-state index contributed by atoms with van der Waals surface area (Å²) in [5.74, 6) is 0.340.